The maximum atomic E-state index is 13.4. The van der Waals surface area contributed by atoms with Crippen LogP contribution in [0.1, 0.15) is 46.9 Å². The van der Waals surface area contributed by atoms with E-state index in [0.717, 1.165) is 43.7 Å². The molecule has 304 valence electrons. The number of carbonyl (C=O) groups excluding carboxylic acids is 2. The van der Waals surface area contributed by atoms with E-state index < -0.39 is 11.8 Å². The predicted octanol–water partition coefficient (Wildman–Crippen LogP) is 10.2. The number of allylic oxidation sites excluding steroid dienone is 2. The van der Waals surface area contributed by atoms with Crippen LogP contribution in [0.3, 0.4) is 0 Å². The van der Waals surface area contributed by atoms with Crippen LogP contribution in [-0.2, 0) is 9.53 Å². The SMILES string of the molecule is BrC1CC1.C=CCOC1Nc2ccccc2C(c2ccccc2)=C1C(=O)/C=C/c1cncnc1.O=C(/C=C/c1cncnc1)c1c(-c2ccccc2)c2ccccc2[nH]c1=O.[HH]. The van der Waals surface area contributed by atoms with Crippen molar-refractivity contribution >= 4 is 61.8 Å². The second kappa shape index (κ2) is 20.7. The molecule has 9 rings (SSSR count). The number of ether oxygens (including phenoxy) is 1. The van der Waals surface area contributed by atoms with E-state index in [1.54, 1.807) is 43.0 Å². The third-order valence-corrected chi connectivity index (χ3v) is 10.4. The molecule has 1 fully saturated rings. The maximum absolute atomic E-state index is 13.4. The molecule has 0 spiro atoms. The molecular formula is C50H43BrN6O4. The molecule has 1 saturated carbocycles. The molecule has 1 atom stereocenters. The molecule has 0 radical (unpaired) electrons. The van der Waals surface area contributed by atoms with Crippen LogP contribution in [0.4, 0.5) is 5.69 Å². The normalized spacial score (nSPS) is 14.3. The summed E-state index contributed by atoms with van der Waals surface area (Å²) < 4.78 is 5.96. The summed E-state index contributed by atoms with van der Waals surface area (Å²) >= 11 is 3.38. The van der Waals surface area contributed by atoms with E-state index in [9.17, 15) is 14.4 Å². The van der Waals surface area contributed by atoms with Gasteiger partial charge in [-0.15, -0.1) is 6.58 Å². The van der Waals surface area contributed by atoms with E-state index in [4.69, 9.17) is 4.74 Å². The Hall–Kier alpha value is -7.21. The summed E-state index contributed by atoms with van der Waals surface area (Å²) in [5.41, 5.74) is 7.53. The number of alkyl halides is 1. The van der Waals surface area contributed by atoms with Crippen LogP contribution in [0.15, 0.2) is 182 Å². The number of nitrogens with one attached hydrogen (secondary N) is 2. The Balaban J connectivity index is 0.000000187. The van der Waals surface area contributed by atoms with Gasteiger partial charge in [-0.3, -0.25) is 14.4 Å². The number of anilines is 1. The number of hydrogen-bond donors (Lipinski definition) is 2. The minimum atomic E-state index is -0.600. The highest BCUT2D eigenvalue weighted by atomic mass is 79.9. The molecule has 11 heteroatoms. The summed E-state index contributed by atoms with van der Waals surface area (Å²) in [7, 11) is 0. The van der Waals surface area contributed by atoms with E-state index >= 15 is 0 Å². The zero-order chi connectivity index (χ0) is 42.4. The summed E-state index contributed by atoms with van der Waals surface area (Å²) in [4.78, 5) is 58.6. The molecule has 10 nitrogen and oxygen atoms in total. The number of carbonyl (C=O) groups is 2. The monoisotopic (exact) mass is 870 g/mol. The van der Waals surface area contributed by atoms with E-state index in [2.05, 4.69) is 52.7 Å². The minimum absolute atomic E-state index is 0. The van der Waals surface area contributed by atoms with Gasteiger partial charge in [0, 0.05) is 75.5 Å². The van der Waals surface area contributed by atoms with Gasteiger partial charge in [-0.25, -0.2) is 19.9 Å². The number of aromatic amines is 1. The van der Waals surface area contributed by atoms with Crippen LogP contribution in [0.5, 0.6) is 0 Å². The van der Waals surface area contributed by atoms with Crippen LogP contribution in [0.2, 0.25) is 0 Å². The molecule has 0 saturated heterocycles. The number of hydrogen-bond acceptors (Lipinski definition) is 9. The molecule has 2 aliphatic rings. The number of aromatic nitrogens is 5. The highest BCUT2D eigenvalue weighted by Gasteiger charge is 2.31. The molecule has 2 N–H and O–H groups in total. The Morgan fingerprint density at radius 1 is 0.738 bits per heavy atom. The number of para-hydroxylation sites is 2. The van der Waals surface area contributed by atoms with Crippen molar-refractivity contribution in [2.24, 2.45) is 0 Å². The first-order valence-electron chi connectivity index (χ1n) is 19.6. The quantitative estimate of drug-likeness (QED) is 0.0563. The van der Waals surface area contributed by atoms with Gasteiger partial charge in [0.15, 0.2) is 17.8 Å². The Kier molecular flexibility index (Phi) is 14.2. The van der Waals surface area contributed by atoms with Crippen molar-refractivity contribution in [3.63, 3.8) is 0 Å². The zero-order valence-corrected chi connectivity index (χ0v) is 34.6. The van der Waals surface area contributed by atoms with Crippen molar-refractivity contribution < 1.29 is 15.8 Å². The highest BCUT2D eigenvalue weighted by molar-refractivity contribution is 9.09. The molecule has 0 amide bonds. The first-order valence-corrected chi connectivity index (χ1v) is 20.5. The smallest absolute Gasteiger partial charge is 0.260 e. The van der Waals surface area contributed by atoms with Crippen molar-refractivity contribution in [1.82, 2.24) is 24.9 Å². The fraction of sp³-hybridized carbons (Fsp3) is 0.100. The van der Waals surface area contributed by atoms with Crippen LogP contribution in [0, 0.1) is 0 Å². The average Bonchev–Trinajstić information content (AvgIpc) is 4.11. The van der Waals surface area contributed by atoms with Gasteiger partial charge in [0.25, 0.3) is 5.56 Å². The molecule has 1 aliphatic carbocycles. The topological polar surface area (TPSA) is 140 Å². The van der Waals surface area contributed by atoms with E-state index in [1.165, 1.54) is 37.6 Å². The second-order valence-corrected chi connectivity index (χ2v) is 15.2. The Bertz CT molecular complexity index is 2780. The minimum Gasteiger partial charge on any atom is -0.356 e. The average molecular weight is 872 g/mol. The lowest BCUT2D eigenvalue weighted by Crippen LogP contribution is -2.33. The number of halogens is 1. The summed E-state index contributed by atoms with van der Waals surface area (Å²) in [6.07, 6.45) is 19.5. The van der Waals surface area contributed by atoms with Crippen molar-refractivity contribution in [3.8, 4) is 11.1 Å². The van der Waals surface area contributed by atoms with Gasteiger partial charge in [0.2, 0.25) is 0 Å². The van der Waals surface area contributed by atoms with Crippen LogP contribution < -0.4 is 10.9 Å². The van der Waals surface area contributed by atoms with Gasteiger partial charge in [0.1, 0.15) is 12.7 Å². The number of benzene rings is 4. The fourth-order valence-electron chi connectivity index (χ4n) is 6.53. The number of ketones is 2. The lowest BCUT2D eigenvalue weighted by atomic mass is 9.86. The predicted molar refractivity (Wildman–Crippen MR) is 248 cm³/mol. The molecule has 0 bridgehead atoms. The number of fused-ring (bicyclic) bond motifs is 2. The molecule has 4 heterocycles. The fourth-order valence-corrected chi connectivity index (χ4v) is 6.79. The zero-order valence-electron chi connectivity index (χ0n) is 33.0. The summed E-state index contributed by atoms with van der Waals surface area (Å²) in [5.74, 6) is -0.515. The molecule has 7 aromatic rings. The summed E-state index contributed by atoms with van der Waals surface area (Å²) in [6, 6.07) is 34.7. The maximum Gasteiger partial charge on any atom is 0.260 e. The van der Waals surface area contributed by atoms with Gasteiger partial charge in [-0.05, 0) is 60.4 Å². The molecule has 4 aromatic carbocycles. The molecular weight excluding hydrogens is 828 g/mol. The number of pyridine rings is 1. The van der Waals surface area contributed by atoms with Crippen molar-refractivity contribution in [3.05, 3.63) is 215 Å². The van der Waals surface area contributed by atoms with Gasteiger partial charge in [-0.2, -0.15) is 0 Å². The lowest BCUT2D eigenvalue weighted by Gasteiger charge is -2.31. The van der Waals surface area contributed by atoms with Gasteiger partial charge in [-0.1, -0.05) is 119 Å². The molecule has 1 unspecified atom stereocenters. The summed E-state index contributed by atoms with van der Waals surface area (Å²) in [5, 5.41) is 4.18. The van der Waals surface area contributed by atoms with Crippen molar-refractivity contribution in [2.45, 2.75) is 23.9 Å². The number of H-pyrrole nitrogens is 1. The van der Waals surface area contributed by atoms with Crippen LogP contribution >= 0.6 is 15.9 Å². The van der Waals surface area contributed by atoms with Crippen molar-refractivity contribution in [2.75, 3.05) is 11.9 Å². The highest BCUT2D eigenvalue weighted by Crippen LogP contribution is 2.39. The first kappa shape index (κ1) is 41.9. The third kappa shape index (κ3) is 10.9. The molecule has 61 heavy (non-hydrogen) atoms. The Morgan fingerprint density at radius 3 is 1.89 bits per heavy atom. The second-order valence-electron chi connectivity index (χ2n) is 13.9. The van der Waals surface area contributed by atoms with E-state index in [-0.39, 0.29) is 18.6 Å². The van der Waals surface area contributed by atoms with E-state index in [0.29, 0.717) is 28.8 Å². The van der Waals surface area contributed by atoms with Crippen LogP contribution in [0.25, 0.3) is 39.8 Å². The van der Waals surface area contributed by atoms with E-state index in [1.807, 2.05) is 109 Å². The number of nitrogens with zero attached hydrogens (tertiary/aromatic N) is 4. The van der Waals surface area contributed by atoms with Crippen molar-refractivity contribution in [1.29, 1.82) is 0 Å². The Labute approximate surface area is 363 Å². The largest absolute Gasteiger partial charge is 0.356 e. The molecule has 1 aliphatic heterocycles. The van der Waals surface area contributed by atoms with Crippen LogP contribution in [-0.4, -0.2) is 54.1 Å². The standard InChI is InChI=1S/C25H21N3O2.C22H15N3O2.C3H5Br.H2/c1-2-14-30-25-24(22(29)13-12-18-15-26-17-27-16-18)23(19-8-4-3-5-9-19)20-10-6-7-11-21(20)28-25;26-19(11-10-15-12-23-14-24-13-15)21-20(16-6-2-1-3-7-16)17-8-4-5-9-18(17)25-22(21)27;4-3-1-2-3;/h2-13,15-17,25,28H,1,14H2;1-14H,(H,25,27);3H,1-2H2;1H/b13-12+;11-10+;;. The first-order chi connectivity index (χ1) is 29.9. The Morgan fingerprint density at radius 2 is 1.28 bits per heavy atom. The van der Waals surface area contributed by atoms with Gasteiger partial charge < -0.3 is 15.0 Å². The third-order valence-electron chi connectivity index (χ3n) is 9.48. The lowest BCUT2D eigenvalue weighted by molar-refractivity contribution is -0.112. The number of rotatable bonds is 11. The molecule has 3 aromatic heterocycles. The van der Waals surface area contributed by atoms with Gasteiger partial charge in [0.05, 0.1) is 17.7 Å². The van der Waals surface area contributed by atoms with Gasteiger partial charge >= 0.3 is 0 Å². The summed E-state index contributed by atoms with van der Waals surface area (Å²) in [6.45, 7) is 4.05.